The summed E-state index contributed by atoms with van der Waals surface area (Å²) in [7, 11) is 0. The molecule has 0 saturated heterocycles. The summed E-state index contributed by atoms with van der Waals surface area (Å²) in [5, 5.41) is 10.4. The summed E-state index contributed by atoms with van der Waals surface area (Å²) in [6, 6.07) is 2.14. The number of aromatic amines is 1. The van der Waals surface area contributed by atoms with Crippen molar-refractivity contribution in [2.24, 2.45) is 0 Å². The largest absolute Gasteiger partial charge is 0.431 e. The first-order valence-corrected chi connectivity index (χ1v) is 6.80. The first kappa shape index (κ1) is 18.0. The molecule has 0 saturated carbocycles. The molecule has 1 N–H and O–H groups in total. The van der Waals surface area contributed by atoms with Crippen molar-refractivity contribution in [1.29, 1.82) is 0 Å². The number of rotatable bonds is 3. The molecule has 0 aliphatic carbocycles. The van der Waals surface area contributed by atoms with Crippen LogP contribution >= 0.6 is 23.2 Å². The van der Waals surface area contributed by atoms with Gasteiger partial charge in [-0.15, -0.1) is 0 Å². The van der Waals surface area contributed by atoms with Crippen molar-refractivity contribution in [2.45, 2.75) is 12.7 Å². The van der Waals surface area contributed by atoms with Gasteiger partial charge in [-0.25, -0.2) is 4.79 Å². The number of hydrogen-bond acceptors (Lipinski definition) is 4. The molecule has 0 fully saturated rings. The number of nitro groups is 1. The summed E-state index contributed by atoms with van der Waals surface area (Å²) >= 11 is 11.6. The highest BCUT2D eigenvalue weighted by atomic mass is 35.5. The second-order valence-corrected chi connectivity index (χ2v) is 5.35. The van der Waals surface area contributed by atoms with Gasteiger partial charge < -0.3 is 4.98 Å². The first-order chi connectivity index (χ1) is 11.0. The zero-order valence-corrected chi connectivity index (χ0v) is 12.9. The van der Waals surface area contributed by atoms with Gasteiger partial charge in [-0.1, -0.05) is 23.2 Å². The maximum absolute atomic E-state index is 12.5. The van der Waals surface area contributed by atoms with Crippen molar-refractivity contribution in [3.8, 4) is 0 Å². The number of nitrogens with zero attached hydrogens (tertiary/aromatic N) is 2. The Labute approximate surface area is 140 Å². The molecule has 12 heteroatoms. The maximum Gasteiger partial charge on any atom is 0.431 e. The Kier molecular flexibility index (Phi) is 4.72. The Bertz CT molecular complexity index is 905. The average molecular weight is 384 g/mol. The van der Waals surface area contributed by atoms with Crippen LogP contribution in [0.5, 0.6) is 0 Å². The van der Waals surface area contributed by atoms with Gasteiger partial charge in [0.05, 0.1) is 21.5 Å². The number of hydrogen-bond donors (Lipinski definition) is 1. The number of benzene rings is 1. The van der Waals surface area contributed by atoms with Gasteiger partial charge in [0.2, 0.25) is 0 Å². The molecule has 0 atom stereocenters. The highest BCUT2D eigenvalue weighted by molar-refractivity contribution is 6.42. The van der Waals surface area contributed by atoms with Crippen molar-refractivity contribution < 1.29 is 18.1 Å². The summed E-state index contributed by atoms with van der Waals surface area (Å²) in [5.41, 5.74) is -4.60. The van der Waals surface area contributed by atoms with Crippen molar-refractivity contribution in [1.82, 2.24) is 9.55 Å². The molecule has 0 bridgehead atoms. The highest BCUT2D eigenvalue weighted by Gasteiger charge is 2.33. The Morgan fingerprint density at radius 2 is 1.83 bits per heavy atom. The quantitative estimate of drug-likeness (QED) is 0.650. The van der Waals surface area contributed by atoms with Gasteiger partial charge in [0, 0.05) is 18.2 Å². The number of halogens is 5. The van der Waals surface area contributed by atoms with Crippen LogP contribution in [0, 0.1) is 10.1 Å². The summed E-state index contributed by atoms with van der Waals surface area (Å²) in [6.07, 6.45) is -4.90. The van der Waals surface area contributed by atoms with E-state index < -0.39 is 40.3 Å². The van der Waals surface area contributed by atoms with Crippen molar-refractivity contribution in [2.75, 3.05) is 0 Å². The van der Waals surface area contributed by atoms with Crippen LogP contribution in [-0.2, 0) is 12.7 Å². The first-order valence-electron chi connectivity index (χ1n) is 6.04. The summed E-state index contributed by atoms with van der Waals surface area (Å²) < 4.78 is 38.0. The molecule has 0 unspecified atom stereocenters. The monoisotopic (exact) mass is 383 g/mol. The molecular formula is C12H6Cl2F3N3O4. The average Bonchev–Trinajstić information content (AvgIpc) is 2.45. The lowest BCUT2D eigenvalue weighted by Crippen LogP contribution is -2.37. The Balaban J connectivity index is 2.56. The van der Waals surface area contributed by atoms with E-state index in [0.29, 0.717) is 4.57 Å². The van der Waals surface area contributed by atoms with Gasteiger partial charge in [0.25, 0.3) is 11.2 Å². The second-order valence-electron chi connectivity index (χ2n) is 4.57. The van der Waals surface area contributed by atoms with Gasteiger partial charge in [-0.3, -0.25) is 19.5 Å². The molecule has 1 aromatic heterocycles. The van der Waals surface area contributed by atoms with Crippen LogP contribution in [0.1, 0.15) is 11.3 Å². The molecule has 2 rings (SSSR count). The molecule has 0 spiro atoms. The minimum atomic E-state index is -4.90. The lowest BCUT2D eigenvalue weighted by atomic mass is 10.2. The zero-order valence-electron chi connectivity index (χ0n) is 11.4. The van der Waals surface area contributed by atoms with Crippen LogP contribution < -0.4 is 11.2 Å². The molecule has 0 aliphatic heterocycles. The van der Waals surface area contributed by atoms with Crippen molar-refractivity contribution >= 4 is 28.9 Å². The van der Waals surface area contributed by atoms with E-state index in [2.05, 4.69) is 0 Å². The van der Waals surface area contributed by atoms with E-state index in [1.807, 2.05) is 0 Å². The molecule has 7 nitrogen and oxygen atoms in total. The number of nitrogens with one attached hydrogen (secondary N) is 1. The lowest BCUT2D eigenvalue weighted by Gasteiger charge is -2.10. The van der Waals surface area contributed by atoms with E-state index >= 15 is 0 Å². The zero-order chi connectivity index (χ0) is 18.2. The van der Waals surface area contributed by atoms with Crippen LogP contribution in [0.15, 0.2) is 27.8 Å². The summed E-state index contributed by atoms with van der Waals surface area (Å²) in [6.45, 7) is -0.591. The van der Waals surface area contributed by atoms with Crippen LogP contribution in [0.25, 0.3) is 0 Å². The predicted molar refractivity (Wildman–Crippen MR) is 78.5 cm³/mol. The van der Waals surface area contributed by atoms with Gasteiger partial charge in [0.15, 0.2) is 0 Å². The Hall–Kier alpha value is -2.33. The Morgan fingerprint density at radius 3 is 2.33 bits per heavy atom. The fourth-order valence-electron chi connectivity index (χ4n) is 1.84. The number of alkyl halides is 3. The predicted octanol–water partition coefficient (Wildman–Crippen LogP) is 2.82. The highest BCUT2D eigenvalue weighted by Crippen LogP contribution is 2.31. The number of aromatic nitrogens is 2. The van der Waals surface area contributed by atoms with Crippen LogP contribution in [0.2, 0.25) is 10.0 Å². The third kappa shape index (κ3) is 3.60. The molecule has 0 radical (unpaired) electrons. The van der Waals surface area contributed by atoms with Gasteiger partial charge in [-0.2, -0.15) is 13.2 Å². The summed E-state index contributed by atoms with van der Waals surface area (Å²) in [4.78, 5) is 35.0. The SMILES string of the molecule is O=c1cc(C(F)(F)F)[nH]c(=O)n1Cc1cc([N+](=O)[O-])cc(Cl)c1Cl. The third-order valence-corrected chi connectivity index (χ3v) is 3.79. The number of nitro benzene ring substituents is 1. The van der Waals surface area contributed by atoms with Gasteiger partial charge in [0.1, 0.15) is 5.69 Å². The molecule has 0 aliphatic rings. The normalized spacial score (nSPS) is 11.5. The molecule has 2 aromatic rings. The van der Waals surface area contributed by atoms with E-state index in [-0.39, 0.29) is 21.7 Å². The fourth-order valence-corrected chi connectivity index (χ4v) is 2.25. The molecule has 1 heterocycles. The van der Waals surface area contributed by atoms with E-state index in [4.69, 9.17) is 23.2 Å². The van der Waals surface area contributed by atoms with Crippen molar-refractivity contribution in [3.63, 3.8) is 0 Å². The van der Waals surface area contributed by atoms with E-state index in [9.17, 15) is 32.9 Å². The van der Waals surface area contributed by atoms with Crippen LogP contribution in [0.3, 0.4) is 0 Å². The van der Waals surface area contributed by atoms with Gasteiger partial charge in [-0.05, 0) is 5.56 Å². The molecule has 0 amide bonds. The third-order valence-electron chi connectivity index (χ3n) is 2.95. The van der Waals surface area contributed by atoms with E-state index in [0.717, 1.165) is 12.1 Å². The van der Waals surface area contributed by atoms with Gasteiger partial charge >= 0.3 is 11.9 Å². The minimum Gasteiger partial charge on any atom is -0.303 e. The van der Waals surface area contributed by atoms with Crippen molar-refractivity contribution in [3.05, 3.63) is 70.5 Å². The second kappa shape index (κ2) is 6.29. The molecular weight excluding hydrogens is 378 g/mol. The number of H-pyrrole nitrogens is 1. The topological polar surface area (TPSA) is 98.0 Å². The minimum absolute atomic E-state index is 0.0665. The number of non-ortho nitro benzene ring substituents is 1. The van der Waals surface area contributed by atoms with E-state index in [1.54, 1.807) is 0 Å². The summed E-state index contributed by atoms with van der Waals surface area (Å²) in [5.74, 6) is 0. The van der Waals surface area contributed by atoms with Crippen LogP contribution in [0.4, 0.5) is 18.9 Å². The maximum atomic E-state index is 12.5. The van der Waals surface area contributed by atoms with Crippen LogP contribution in [-0.4, -0.2) is 14.5 Å². The molecule has 1 aromatic carbocycles. The smallest absolute Gasteiger partial charge is 0.303 e. The molecule has 128 valence electrons. The molecule has 24 heavy (non-hydrogen) atoms. The Morgan fingerprint density at radius 1 is 1.21 bits per heavy atom. The fraction of sp³-hybridized carbons (Fsp3) is 0.167. The standard InChI is InChI=1S/C12H6Cl2F3N3O4/c13-7-2-6(20(23)24)1-5(10(7)14)4-19-9(21)3-8(12(15,16)17)18-11(19)22/h1-3H,4H2,(H,18,22). The lowest BCUT2D eigenvalue weighted by molar-refractivity contribution is -0.384. The van der Waals surface area contributed by atoms with E-state index in [1.165, 1.54) is 4.98 Å².